The minimum Gasteiger partial charge on any atom is -0.453 e. The van der Waals surface area contributed by atoms with Gasteiger partial charge in [-0.2, -0.15) is 0 Å². The van der Waals surface area contributed by atoms with Crippen molar-refractivity contribution in [3.05, 3.63) is 35.6 Å². The van der Waals surface area contributed by atoms with Crippen molar-refractivity contribution in [2.75, 3.05) is 0 Å². The number of carbonyl (C=O) groups excluding carboxylic acids is 1. The van der Waals surface area contributed by atoms with Gasteiger partial charge in [-0.05, 0) is 25.0 Å². The van der Waals surface area contributed by atoms with Gasteiger partial charge in [0.25, 0.3) is 0 Å². The van der Waals surface area contributed by atoms with Crippen LogP contribution >= 0.6 is 0 Å². The lowest BCUT2D eigenvalue weighted by atomic mass is 10.1. The quantitative estimate of drug-likeness (QED) is 0.823. The smallest absolute Gasteiger partial charge is 0.214 e. The van der Waals surface area contributed by atoms with Crippen LogP contribution in [0.5, 0.6) is 0 Å². The molecule has 2 rings (SSSR count). The zero-order chi connectivity index (χ0) is 12.4. The number of fused-ring (bicyclic) bond motifs is 1. The lowest BCUT2D eigenvalue weighted by Crippen LogP contribution is -2.29. The molecule has 2 N–H and O–H groups in total. The molecule has 0 amide bonds. The second-order valence-corrected chi connectivity index (χ2v) is 4.36. The summed E-state index contributed by atoms with van der Waals surface area (Å²) in [6, 6.07) is 7.18. The molecule has 0 bridgehead atoms. The van der Waals surface area contributed by atoms with Crippen LogP contribution in [-0.2, 0) is 0 Å². The molecule has 1 unspecified atom stereocenters. The third kappa shape index (κ3) is 2.24. The fourth-order valence-corrected chi connectivity index (χ4v) is 1.96. The summed E-state index contributed by atoms with van der Waals surface area (Å²) >= 11 is 0. The summed E-state index contributed by atoms with van der Waals surface area (Å²) in [6.07, 6.45) is 1.58. The molecule has 17 heavy (non-hydrogen) atoms. The second-order valence-electron chi connectivity index (χ2n) is 4.36. The van der Waals surface area contributed by atoms with Gasteiger partial charge in [0.05, 0.1) is 6.04 Å². The van der Waals surface area contributed by atoms with E-state index in [0.29, 0.717) is 12.2 Å². The standard InChI is InChI=1S/C14H17NO2/c1-3-5-11(15)13(16)12-8-10-7-4-6-9(2)14(10)17-12/h4,6-8,11H,3,5,15H2,1-2H3. The van der Waals surface area contributed by atoms with E-state index in [-0.39, 0.29) is 5.78 Å². The molecule has 1 heterocycles. The molecule has 0 aliphatic heterocycles. The van der Waals surface area contributed by atoms with Crippen LogP contribution in [0.15, 0.2) is 28.7 Å². The number of para-hydroxylation sites is 1. The zero-order valence-electron chi connectivity index (χ0n) is 10.2. The summed E-state index contributed by atoms with van der Waals surface area (Å²) in [4.78, 5) is 12.0. The van der Waals surface area contributed by atoms with E-state index in [2.05, 4.69) is 0 Å². The van der Waals surface area contributed by atoms with Crippen molar-refractivity contribution in [2.45, 2.75) is 32.7 Å². The van der Waals surface area contributed by atoms with Crippen LogP contribution < -0.4 is 5.73 Å². The van der Waals surface area contributed by atoms with Gasteiger partial charge < -0.3 is 10.2 Å². The van der Waals surface area contributed by atoms with Gasteiger partial charge in [0.15, 0.2) is 5.76 Å². The number of hydrogen-bond acceptors (Lipinski definition) is 3. The normalized spacial score (nSPS) is 12.9. The SMILES string of the molecule is CCCC(N)C(=O)c1cc2cccc(C)c2o1. The molecule has 90 valence electrons. The van der Waals surface area contributed by atoms with Gasteiger partial charge in [0.1, 0.15) is 5.58 Å². The average Bonchev–Trinajstić information content (AvgIpc) is 2.73. The van der Waals surface area contributed by atoms with Crippen LogP contribution in [0.1, 0.15) is 35.9 Å². The molecule has 2 aromatic rings. The Hall–Kier alpha value is -1.61. The molecule has 1 atom stereocenters. The van der Waals surface area contributed by atoms with Crippen molar-refractivity contribution in [1.29, 1.82) is 0 Å². The van der Waals surface area contributed by atoms with Crippen molar-refractivity contribution in [3.8, 4) is 0 Å². The van der Waals surface area contributed by atoms with Crippen molar-refractivity contribution in [1.82, 2.24) is 0 Å². The fourth-order valence-electron chi connectivity index (χ4n) is 1.96. The molecule has 0 fully saturated rings. The Labute approximate surface area is 101 Å². The van der Waals surface area contributed by atoms with E-state index < -0.39 is 6.04 Å². The van der Waals surface area contributed by atoms with Crippen LogP contribution in [0.3, 0.4) is 0 Å². The average molecular weight is 231 g/mol. The van der Waals surface area contributed by atoms with Crippen molar-refractivity contribution in [3.63, 3.8) is 0 Å². The predicted molar refractivity (Wildman–Crippen MR) is 68.2 cm³/mol. The Morgan fingerprint density at radius 2 is 2.24 bits per heavy atom. The Morgan fingerprint density at radius 1 is 1.47 bits per heavy atom. The molecule has 0 aliphatic rings. The molecule has 0 saturated heterocycles. The second kappa shape index (κ2) is 4.72. The molecule has 3 heteroatoms. The van der Waals surface area contributed by atoms with Gasteiger partial charge in [0.2, 0.25) is 5.78 Å². The highest BCUT2D eigenvalue weighted by Gasteiger charge is 2.19. The van der Waals surface area contributed by atoms with Gasteiger partial charge >= 0.3 is 0 Å². The van der Waals surface area contributed by atoms with E-state index in [1.165, 1.54) is 0 Å². The van der Waals surface area contributed by atoms with Crippen molar-refractivity contribution in [2.24, 2.45) is 5.73 Å². The third-order valence-corrected chi connectivity index (χ3v) is 2.92. The maximum absolute atomic E-state index is 12.0. The lowest BCUT2D eigenvalue weighted by Gasteiger charge is -2.05. The summed E-state index contributed by atoms with van der Waals surface area (Å²) in [7, 11) is 0. The fraction of sp³-hybridized carbons (Fsp3) is 0.357. The molecule has 0 spiro atoms. The molecule has 1 aromatic heterocycles. The summed E-state index contributed by atoms with van der Waals surface area (Å²) in [5.74, 6) is 0.262. The van der Waals surface area contributed by atoms with Crippen LogP contribution in [0, 0.1) is 6.92 Å². The summed E-state index contributed by atoms with van der Waals surface area (Å²) in [5, 5.41) is 0.956. The Balaban J connectivity index is 2.37. The molecule has 1 aromatic carbocycles. The Bertz CT molecular complexity index is 542. The van der Waals surface area contributed by atoms with Crippen molar-refractivity contribution < 1.29 is 9.21 Å². The maximum Gasteiger partial charge on any atom is 0.214 e. The molecule has 0 saturated carbocycles. The first-order chi connectivity index (χ1) is 8.13. The Kier molecular flexibility index (Phi) is 3.29. The van der Waals surface area contributed by atoms with Crippen LogP contribution in [0.2, 0.25) is 0 Å². The predicted octanol–water partition coefficient (Wildman–Crippen LogP) is 3.05. The van der Waals surface area contributed by atoms with E-state index in [4.69, 9.17) is 10.2 Å². The zero-order valence-corrected chi connectivity index (χ0v) is 10.2. The van der Waals surface area contributed by atoms with E-state index in [1.807, 2.05) is 32.0 Å². The highest BCUT2D eigenvalue weighted by atomic mass is 16.3. The molecular weight excluding hydrogens is 214 g/mol. The van der Waals surface area contributed by atoms with Crippen LogP contribution in [-0.4, -0.2) is 11.8 Å². The number of rotatable bonds is 4. The third-order valence-electron chi connectivity index (χ3n) is 2.92. The number of carbonyl (C=O) groups is 1. The number of Topliss-reactive ketones (excluding diaryl/α,β-unsaturated/α-hetero) is 1. The largest absolute Gasteiger partial charge is 0.453 e. The number of aryl methyl sites for hydroxylation is 1. The summed E-state index contributed by atoms with van der Waals surface area (Å²) in [6.45, 7) is 3.97. The topological polar surface area (TPSA) is 56.2 Å². The van der Waals surface area contributed by atoms with Crippen molar-refractivity contribution >= 4 is 16.8 Å². The molecular formula is C14H17NO2. The Morgan fingerprint density at radius 3 is 2.88 bits per heavy atom. The number of hydrogen-bond donors (Lipinski definition) is 1. The first kappa shape index (κ1) is 11.9. The van der Waals surface area contributed by atoms with Gasteiger partial charge in [0, 0.05) is 5.39 Å². The summed E-state index contributed by atoms with van der Waals surface area (Å²) in [5.41, 5.74) is 7.62. The first-order valence-corrected chi connectivity index (χ1v) is 5.92. The van der Waals surface area contributed by atoms with Gasteiger partial charge in [-0.1, -0.05) is 31.5 Å². The van der Waals surface area contributed by atoms with Gasteiger partial charge in [-0.15, -0.1) is 0 Å². The number of nitrogens with two attached hydrogens (primary N) is 1. The first-order valence-electron chi connectivity index (χ1n) is 5.92. The molecule has 0 radical (unpaired) electrons. The molecule has 0 aliphatic carbocycles. The number of ketones is 1. The van der Waals surface area contributed by atoms with E-state index in [9.17, 15) is 4.79 Å². The minimum absolute atomic E-state index is 0.109. The van der Waals surface area contributed by atoms with E-state index in [1.54, 1.807) is 6.07 Å². The maximum atomic E-state index is 12.0. The number of benzene rings is 1. The highest BCUT2D eigenvalue weighted by Crippen LogP contribution is 2.23. The minimum atomic E-state index is -0.458. The highest BCUT2D eigenvalue weighted by molar-refractivity contribution is 6.01. The lowest BCUT2D eigenvalue weighted by molar-refractivity contribution is 0.0931. The van der Waals surface area contributed by atoms with Gasteiger partial charge in [-0.3, -0.25) is 4.79 Å². The van der Waals surface area contributed by atoms with E-state index >= 15 is 0 Å². The number of furan rings is 1. The van der Waals surface area contributed by atoms with Crippen LogP contribution in [0.25, 0.3) is 11.0 Å². The van der Waals surface area contributed by atoms with E-state index in [0.717, 1.165) is 23.0 Å². The van der Waals surface area contributed by atoms with Gasteiger partial charge in [-0.25, -0.2) is 0 Å². The van der Waals surface area contributed by atoms with Crippen LogP contribution in [0.4, 0.5) is 0 Å². The monoisotopic (exact) mass is 231 g/mol. The molecule has 3 nitrogen and oxygen atoms in total. The summed E-state index contributed by atoms with van der Waals surface area (Å²) < 4.78 is 5.60.